The highest BCUT2D eigenvalue weighted by molar-refractivity contribution is 8.18. The van der Waals surface area contributed by atoms with Crippen LogP contribution < -0.4 is 15.9 Å². The number of benzene rings is 3. The van der Waals surface area contributed by atoms with Crippen molar-refractivity contribution in [3.63, 3.8) is 0 Å². The minimum atomic E-state index is -7.11. The van der Waals surface area contributed by atoms with Crippen LogP contribution in [-0.4, -0.2) is 31.3 Å². The first-order valence-electron chi connectivity index (χ1n) is 9.18. The summed E-state index contributed by atoms with van der Waals surface area (Å²) >= 11 is 0. The van der Waals surface area contributed by atoms with Gasteiger partial charge in [0, 0.05) is 0 Å². The number of alkyl halides is 6. The van der Waals surface area contributed by atoms with Gasteiger partial charge in [0.15, 0.2) is 0 Å². The van der Waals surface area contributed by atoms with Crippen LogP contribution >= 0.6 is 7.41 Å². The summed E-state index contributed by atoms with van der Waals surface area (Å²) in [5, 5.41) is -1.06. The van der Waals surface area contributed by atoms with Crippen molar-refractivity contribution in [3.05, 3.63) is 91.0 Å². The third-order valence-electron chi connectivity index (χ3n) is 4.63. The minimum absolute atomic E-state index is 0.354. The van der Waals surface area contributed by atoms with Crippen LogP contribution in [0.4, 0.5) is 26.3 Å². The normalized spacial score (nSPS) is 13.7. The average molecular weight is 542 g/mol. The second-order valence-corrected chi connectivity index (χ2v) is 14.3. The minimum Gasteiger partial charge on any atom is -0.198 e. The van der Waals surface area contributed by atoms with Crippen molar-refractivity contribution in [1.29, 1.82) is 0 Å². The standard InChI is InChI=1S/C20H15F6NO4PS2/c21-19(22,23)33(28,29)27(34(30,31)20(24,25)26)32(16-10-4-1-5-11-16,17-12-6-2-7-13-17)18-14-8-3-9-15-18/h1-15H/q+1. The van der Waals surface area contributed by atoms with E-state index in [2.05, 4.69) is 0 Å². The molecule has 0 unspecified atom stereocenters. The number of halogens is 6. The Morgan fingerprint density at radius 2 is 0.735 bits per heavy atom. The Bertz CT molecular complexity index is 1210. The van der Waals surface area contributed by atoms with Crippen LogP contribution in [0.1, 0.15) is 0 Å². The van der Waals surface area contributed by atoms with Crippen LogP contribution in [0.3, 0.4) is 0 Å². The Morgan fingerprint density at radius 1 is 0.500 bits per heavy atom. The molecule has 0 heterocycles. The zero-order valence-corrected chi connectivity index (χ0v) is 19.3. The van der Waals surface area contributed by atoms with Gasteiger partial charge < -0.3 is 0 Å². The van der Waals surface area contributed by atoms with Crippen molar-refractivity contribution < 1.29 is 43.2 Å². The summed E-state index contributed by atoms with van der Waals surface area (Å²) in [7, 11) is -19.1. The van der Waals surface area contributed by atoms with Crippen molar-refractivity contribution in [2.45, 2.75) is 11.0 Å². The lowest BCUT2D eigenvalue weighted by Gasteiger charge is -2.34. The molecule has 0 aliphatic rings. The van der Waals surface area contributed by atoms with E-state index in [1.807, 2.05) is 0 Å². The highest BCUT2D eigenvalue weighted by atomic mass is 32.3. The molecule has 0 atom stereocenters. The van der Waals surface area contributed by atoms with Crippen LogP contribution in [0.15, 0.2) is 91.0 Å². The fraction of sp³-hybridized carbons (Fsp3) is 0.100. The predicted octanol–water partition coefficient (Wildman–Crippen LogP) is 3.90. The van der Waals surface area contributed by atoms with Gasteiger partial charge in [-0.2, -0.15) is 43.2 Å². The molecule has 34 heavy (non-hydrogen) atoms. The SMILES string of the molecule is O=S(=O)(N([P+](c1ccccc1)(c1ccccc1)c1ccccc1)S(=O)(=O)C(F)(F)F)C(F)(F)F. The molecule has 14 heteroatoms. The summed E-state index contributed by atoms with van der Waals surface area (Å²) in [4.78, 5) is 0. The number of hydrogen-bond donors (Lipinski definition) is 0. The summed E-state index contributed by atoms with van der Waals surface area (Å²) in [5.74, 6) is 0. The van der Waals surface area contributed by atoms with Crippen molar-refractivity contribution in [2.75, 3.05) is 0 Å². The number of nitrogens with zero attached hydrogens (tertiary/aromatic N) is 1. The molecule has 0 bridgehead atoms. The number of hydrogen-bond acceptors (Lipinski definition) is 4. The zero-order chi connectivity index (χ0) is 25.4. The average Bonchev–Trinajstić information content (AvgIpc) is 2.77. The van der Waals surface area contributed by atoms with E-state index in [4.69, 9.17) is 0 Å². The quantitative estimate of drug-likeness (QED) is 0.350. The van der Waals surface area contributed by atoms with Crippen LogP contribution in [0.25, 0.3) is 0 Å². The molecule has 0 radical (unpaired) electrons. The molecule has 0 aromatic heterocycles. The van der Waals surface area contributed by atoms with E-state index in [9.17, 15) is 43.2 Å². The van der Waals surface area contributed by atoms with Crippen molar-refractivity contribution in [3.8, 4) is 0 Å². The first-order chi connectivity index (χ1) is 15.7. The Labute approximate surface area is 192 Å². The summed E-state index contributed by atoms with van der Waals surface area (Å²) in [6.45, 7) is 0. The first-order valence-corrected chi connectivity index (χ1v) is 13.8. The Hall–Kier alpha value is -2.47. The van der Waals surface area contributed by atoms with Crippen molar-refractivity contribution in [2.24, 2.45) is 0 Å². The smallest absolute Gasteiger partial charge is 0.198 e. The van der Waals surface area contributed by atoms with Crippen LogP contribution in [-0.2, 0) is 20.0 Å². The molecule has 0 spiro atoms. The fourth-order valence-electron chi connectivity index (χ4n) is 3.29. The lowest BCUT2D eigenvalue weighted by atomic mass is 10.4. The fourth-order valence-corrected chi connectivity index (χ4v) is 13.3. The molecule has 0 aliphatic carbocycles. The Morgan fingerprint density at radius 3 is 0.941 bits per heavy atom. The maximum absolute atomic E-state index is 13.8. The van der Waals surface area contributed by atoms with Gasteiger partial charge in [0.05, 0.1) is 3.48 Å². The van der Waals surface area contributed by atoms with Crippen molar-refractivity contribution in [1.82, 2.24) is 3.48 Å². The molecule has 5 nitrogen and oxygen atoms in total. The number of sulfonamides is 2. The van der Waals surface area contributed by atoms with Gasteiger partial charge in [-0.3, -0.25) is 0 Å². The van der Waals surface area contributed by atoms with Crippen LogP contribution in [0.2, 0.25) is 0 Å². The topological polar surface area (TPSA) is 71.5 Å². The van der Waals surface area contributed by atoms with E-state index in [-0.39, 0.29) is 15.9 Å². The maximum atomic E-state index is 13.8. The van der Waals surface area contributed by atoms with E-state index in [1.54, 1.807) is 0 Å². The summed E-state index contributed by atoms with van der Waals surface area (Å²) < 4.78 is 133. The molecular formula is C20H15F6NO4PS2+. The largest absolute Gasteiger partial charge is 0.515 e. The lowest BCUT2D eigenvalue weighted by Crippen LogP contribution is -2.55. The van der Waals surface area contributed by atoms with Crippen LogP contribution in [0, 0.1) is 0 Å². The van der Waals surface area contributed by atoms with Gasteiger partial charge >= 0.3 is 31.1 Å². The van der Waals surface area contributed by atoms with E-state index in [0.29, 0.717) is 0 Å². The molecule has 0 fully saturated rings. The highest BCUT2D eigenvalue weighted by Gasteiger charge is 2.74. The van der Waals surface area contributed by atoms with E-state index < -0.39 is 42.0 Å². The lowest BCUT2D eigenvalue weighted by molar-refractivity contribution is -0.0505. The summed E-state index contributed by atoms with van der Waals surface area (Å²) in [6, 6.07) is 18.3. The first kappa shape index (κ1) is 26.1. The second-order valence-electron chi connectivity index (χ2n) is 6.72. The monoisotopic (exact) mass is 542 g/mol. The second kappa shape index (κ2) is 8.95. The van der Waals surface area contributed by atoms with E-state index in [1.165, 1.54) is 54.6 Å². The van der Waals surface area contributed by atoms with Crippen molar-refractivity contribution >= 4 is 43.4 Å². The summed E-state index contributed by atoms with van der Waals surface area (Å²) in [5.41, 5.74) is -12.7. The van der Waals surface area contributed by atoms with Gasteiger partial charge in [-0.15, -0.1) is 0 Å². The highest BCUT2D eigenvalue weighted by Crippen LogP contribution is 2.64. The Balaban J connectivity index is 2.69. The maximum Gasteiger partial charge on any atom is 0.515 e. The van der Waals surface area contributed by atoms with E-state index in [0.717, 1.165) is 36.4 Å². The molecule has 3 rings (SSSR count). The molecule has 0 saturated carbocycles. The van der Waals surface area contributed by atoms with Gasteiger partial charge in [-0.05, 0) is 36.4 Å². The van der Waals surface area contributed by atoms with Crippen LogP contribution in [0.5, 0.6) is 0 Å². The van der Waals surface area contributed by atoms with Gasteiger partial charge in [0.25, 0.3) is 0 Å². The van der Waals surface area contributed by atoms with Gasteiger partial charge in [-0.25, -0.2) is 0 Å². The molecule has 0 N–H and O–H groups in total. The molecule has 3 aromatic rings. The molecular weight excluding hydrogens is 527 g/mol. The molecule has 0 saturated heterocycles. The zero-order valence-electron chi connectivity index (χ0n) is 16.8. The van der Waals surface area contributed by atoms with Gasteiger partial charge in [-0.1, -0.05) is 54.6 Å². The molecule has 182 valence electrons. The Kier molecular flexibility index (Phi) is 6.88. The molecule has 0 amide bonds. The van der Waals surface area contributed by atoms with Gasteiger partial charge in [0.2, 0.25) is 7.41 Å². The third kappa shape index (κ3) is 4.21. The van der Waals surface area contributed by atoms with Gasteiger partial charge in [0.1, 0.15) is 15.9 Å². The predicted molar refractivity (Wildman–Crippen MR) is 117 cm³/mol. The van der Waals surface area contributed by atoms with E-state index >= 15 is 0 Å². The molecule has 0 aliphatic heterocycles. The molecule has 3 aromatic carbocycles. The number of rotatable bonds is 6. The summed E-state index contributed by atoms with van der Waals surface area (Å²) in [6.07, 6.45) is 0. The third-order valence-corrected chi connectivity index (χ3v) is 14.2.